The van der Waals surface area contributed by atoms with Crippen molar-refractivity contribution in [1.29, 1.82) is 0 Å². The number of rotatable bonds is 3. The summed E-state index contributed by atoms with van der Waals surface area (Å²) in [5.41, 5.74) is 0. The van der Waals surface area contributed by atoms with E-state index in [1.165, 1.54) is 64.2 Å². The maximum atomic E-state index is 13.0. The molecule has 0 saturated heterocycles. The summed E-state index contributed by atoms with van der Waals surface area (Å²) in [6.07, 6.45) is 13.1. The highest BCUT2D eigenvalue weighted by Crippen LogP contribution is 2.34. The van der Waals surface area contributed by atoms with Crippen LogP contribution in [0.15, 0.2) is 0 Å². The summed E-state index contributed by atoms with van der Waals surface area (Å²) in [5, 5.41) is 0. The van der Waals surface area contributed by atoms with E-state index in [1.54, 1.807) is 0 Å². The summed E-state index contributed by atoms with van der Waals surface area (Å²) in [6, 6.07) is 1.16. The molecule has 0 bridgehead atoms. The van der Waals surface area contributed by atoms with Crippen molar-refractivity contribution in [3.63, 3.8) is 0 Å². The van der Waals surface area contributed by atoms with Crippen molar-refractivity contribution >= 4 is 11.0 Å². The molecule has 0 spiro atoms. The van der Waals surface area contributed by atoms with Gasteiger partial charge in [-0.25, -0.2) is 8.51 Å². The molecule has 2 rings (SSSR count). The summed E-state index contributed by atoms with van der Waals surface area (Å²) < 4.78 is 15.3. The minimum Gasteiger partial charge on any atom is -0.242 e. The van der Waals surface area contributed by atoms with Gasteiger partial charge < -0.3 is 0 Å². The smallest absolute Gasteiger partial charge is 0.100 e. The molecule has 2 aliphatic carbocycles. The van der Waals surface area contributed by atoms with Crippen LogP contribution in [0, 0.1) is 0 Å². The predicted octanol–water partition coefficient (Wildman–Crippen LogP) is 4.42. The molecule has 0 aromatic heterocycles. The molecule has 0 heterocycles. The van der Waals surface area contributed by atoms with Gasteiger partial charge in [-0.2, -0.15) is 0 Å². The van der Waals surface area contributed by atoms with Gasteiger partial charge in [-0.1, -0.05) is 38.5 Å². The van der Waals surface area contributed by atoms with Crippen molar-refractivity contribution in [2.75, 3.05) is 0 Å². The van der Waals surface area contributed by atoms with Crippen LogP contribution in [0.2, 0.25) is 0 Å². The summed E-state index contributed by atoms with van der Waals surface area (Å²) >= 11 is 0. The lowest BCUT2D eigenvalue weighted by Crippen LogP contribution is -2.50. The molecular weight excluding hydrogens is 254 g/mol. The van der Waals surface area contributed by atoms with Crippen LogP contribution in [-0.4, -0.2) is 25.3 Å². The average molecular weight is 285 g/mol. The zero-order valence-corrected chi connectivity index (χ0v) is 13.8. The van der Waals surface area contributed by atoms with Crippen molar-refractivity contribution in [1.82, 2.24) is 4.31 Å². The lowest BCUT2D eigenvalue weighted by Gasteiger charge is -2.43. The number of hydrogen-bond acceptors (Lipinski definition) is 1. The third kappa shape index (κ3) is 4.04. The molecule has 2 aliphatic rings. The van der Waals surface area contributed by atoms with Crippen LogP contribution >= 0.6 is 0 Å². The molecule has 1 atom stereocenters. The highest BCUT2D eigenvalue weighted by atomic mass is 32.2. The molecule has 2 fully saturated rings. The first kappa shape index (κ1) is 15.5. The number of hydrogen-bond donors (Lipinski definition) is 0. The quantitative estimate of drug-likeness (QED) is 0.752. The first-order chi connectivity index (χ1) is 9.00. The monoisotopic (exact) mass is 285 g/mol. The van der Waals surface area contributed by atoms with Crippen molar-refractivity contribution in [3.8, 4) is 0 Å². The van der Waals surface area contributed by atoms with E-state index in [0.29, 0.717) is 12.1 Å². The molecular formula is C16H31NOS. The van der Waals surface area contributed by atoms with Crippen molar-refractivity contribution < 1.29 is 4.21 Å². The summed E-state index contributed by atoms with van der Waals surface area (Å²) in [7, 11) is -0.837. The Morgan fingerprint density at radius 3 is 1.47 bits per heavy atom. The highest BCUT2D eigenvalue weighted by molar-refractivity contribution is 7.84. The lowest BCUT2D eigenvalue weighted by atomic mass is 9.91. The van der Waals surface area contributed by atoms with E-state index in [0.717, 1.165) is 0 Å². The fourth-order valence-electron chi connectivity index (χ4n) is 3.56. The summed E-state index contributed by atoms with van der Waals surface area (Å²) in [6.45, 7) is 6.38. The van der Waals surface area contributed by atoms with Gasteiger partial charge in [-0.05, 0) is 46.5 Å². The Kier molecular flexibility index (Phi) is 5.47. The fourth-order valence-corrected chi connectivity index (χ4v) is 5.15. The molecule has 0 aliphatic heterocycles. The topological polar surface area (TPSA) is 20.3 Å². The zero-order valence-electron chi connectivity index (χ0n) is 13.0. The Labute approximate surface area is 121 Å². The third-order valence-corrected chi connectivity index (χ3v) is 6.61. The van der Waals surface area contributed by atoms with E-state index >= 15 is 0 Å². The first-order valence-corrected chi connectivity index (χ1v) is 9.31. The lowest BCUT2D eigenvalue weighted by molar-refractivity contribution is 0.175. The van der Waals surface area contributed by atoms with Crippen LogP contribution in [0.3, 0.4) is 0 Å². The van der Waals surface area contributed by atoms with Crippen LogP contribution < -0.4 is 0 Å². The summed E-state index contributed by atoms with van der Waals surface area (Å²) in [5.74, 6) is 0. The largest absolute Gasteiger partial charge is 0.242 e. The van der Waals surface area contributed by atoms with Crippen LogP contribution in [0.25, 0.3) is 0 Å². The second kappa shape index (κ2) is 6.71. The van der Waals surface area contributed by atoms with Crippen molar-refractivity contribution in [2.24, 2.45) is 0 Å². The SMILES string of the molecule is CC(C)(C)S(=O)N(C1CCCCC1)C1CCCCC1. The fraction of sp³-hybridized carbons (Fsp3) is 1.00. The Hall–Kier alpha value is 0.110. The Morgan fingerprint density at radius 2 is 1.16 bits per heavy atom. The van der Waals surface area contributed by atoms with Gasteiger partial charge in [0.05, 0.1) is 4.75 Å². The molecule has 2 saturated carbocycles. The van der Waals surface area contributed by atoms with Crippen LogP contribution in [-0.2, 0) is 11.0 Å². The molecule has 0 aromatic rings. The van der Waals surface area contributed by atoms with Gasteiger partial charge in [0, 0.05) is 12.1 Å². The Balaban J connectivity index is 2.13. The van der Waals surface area contributed by atoms with E-state index in [1.807, 2.05) is 0 Å². The summed E-state index contributed by atoms with van der Waals surface area (Å²) in [4.78, 5) is 0. The Bertz CT molecular complexity index is 280. The second-order valence-corrected chi connectivity index (χ2v) is 9.45. The van der Waals surface area contributed by atoms with Crippen LogP contribution in [0.5, 0.6) is 0 Å². The molecule has 3 heteroatoms. The number of nitrogens with zero attached hydrogens (tertiary/aromatic N) is 1. The van der Waals surface area contributed by atoms with E-state index in [4.69, 9.17) is 0 Å². The van der Waals surface area contributed by atoms with E-state index in [2.05, 4.69) is 25.1 Å². The minimum atomic E-state index is -0.837. The van der Waals surface area contributed by atoms with Gasteiger partial charge in [-0.3, -0.25) is 0 Å². The van der Waals surface area contributed by atoms with Gasteiger partial charge in [0.2, 0.25) is 0 Å². The van der Waals surface area contributed by atoms with Gasteiger partial charge in [0.1, 0.15) is 11.0 Å². The molecule has 2 nitrogen and oxygen atoms in total. The Morgan fingerprint density at radius 1 is 0.789 bits per heavy atom. The molecule has 0 amide bonds. The molecule has 0 N–H and O–H groups in total. The standard InChI is InChI=1S/C16H31NOS/c1-16(2,3)19(18)17(14-10-6-4-7-11-14)15-12-8-5-9-13-15/h14-15H,4-13H2,1-3H3. The molecule has 0 radical (unpaired) electrons. The van der Waals surface area contributed by atoms with E-state index < -0.39 is 11.0 Å². The van der Waals surface area contributed by atoms with Gasteiger partial charge in [0.25, 0.3) is 0 Å². The van der Waals surface area contributed by atoms with E-state index in [9.17, 15) is 4.21 Å². The normalized spacial score (nSPS) is 25.7. The maximum Gasteiger partial charge on any atom is 0.100 e. The maximum absolute atomic E-state index is 13.0. The first-order valence-electron chi connectivity index (χ1n) is 8.20. The molecule has 1 unspecified atom stereocenters. The zero-order chi connectivity index (χ0) is 13.9. The van der Waals surface area contributed by atoms with Crippen LogP contribution in [0.1, 0.15) is 85.0 Å². The second-order valence-electron chi connectivity index (χ2n) is 7.31. The third-order valence-electron chi connectivity index (χ3n) is 4.58. The molecule has 0 aromatic carbocycles. The van der Waals surface area contributed by atoms with Crippen molar-refractivity contribution in [2.45, 2.75) is 102 Å². The van der Waals surface area contributed by atoms with Crippen LogP contribution in [0.4, 0.5) is 0 Å². The van der Waals surface area contributed by atoms with Gasteiger partial charge >= 0.3 is 0 Å². The van der Waals surface area contributed by atoms with Gasteiger partial charge in [0.15, 0.2) is 0 Å². The highest BCUT2D eigenvalue weighted by Gasteiger charge is 2.37. The predicted molar refractivity (Wildman–Crippen MR) is 83.5 cm³/mol. The van der Waals surface area contributed by atoms with E-state index in [-0.39, 0.29) is 4.75 Å². The van der Waals surface area contributed by atoms with Gasteiger partial charge in [-0.15, -0.1) is 0 Å². The average Bonchev–Trinajstić information content (AvgIpc) is 2.40. The minimum absolute atomic E-state index is 0.116. The molecule has 19 heavy (non-hydrogen) atoms. The molecule has 112 valence electrons. The van der Waals surface area contributed by atoms with Crippen molar-refractivity contribution in [3.05, 3.63) is 0 Å².